The molecule has 0 amide bonds. The lowest BCUT2D eigenvalue weighted by Crippen LogP contribution is -2.28. The van der Waals surface area contributed by atoms with Crippen molar-refractivity contribution in [2.75, 3.05) is 7.11 Å². The minimum Gasteiger partial charge on any atom is -0.466 e. The van der Waals surface area contributed by atoms with Crippen LogP contribution in [-0.4, -0.2) is 22.2 Å². The maximum atomic E-state index is 12.6. The highest BCUT2D eigenvalue weighted by molar-refractivity contribution is 7.83. The zero-order valence-electron chi connectivity index (χ0n) is 14.3. The number of hydrogen-bond donors (Lipinski definition) is 1. The van der Waals surface area contributed by atoms with Gasteiger partial charge in [0.15, 0.2) is 0 Å². The van der Waals surface area contributed by atoms with Crippen LogP contribution in [0.2, 0.25) is 0 Å². The molecule has 0 saturated heterocycles. The number of benzene rings is 2. The van der Waals surface area contributed by atoms with Crippen LogP contribution in [0.4, 0.5) is 5.69 Å². The lowest BCUT2D eigenvalue weighted by atomic mass is 10.0. The van der Waals surface area contributed by atoms with Crippen LogP contribution in [0.1, 0.15) is 17.2 Å². The average molecular weight is 374 g/mol. The van der Waals surface area contributed by atoms with E-state index >= 15 is 0 Å². The normalized spacial score (nSPS) is 12.8. The second kappa shape index (κ2) is 8.50. The molecule has 0 radical (unpaired) electrons. The van der Waals surface area contributed by atoms with Crippen molar-refractivity contribution in [2.45, 2.75) is 17.9 Å². The molecule has 8 heteroatoms. The summed E-state index contributed by atoms with van der Waals surface area (Å²) in [5.74, 6) is -0.665. The number of nitrogens with one attached hydrogen (secondary N) is 1. The third kappa shape index (κ3) is 4.62. The van der Waals surface area contributed by atoms with Gasteiger partial charge < -0.3 is 4.74 Å². The highest BCUT2D eigenvalue weighted by Crippen LogP contribution is 2.25. The maximum absolute atomic E-state index is 12.6. The number of non-ortho nitro benzene ring substituents is 1. The standard InChI is InChI=1S/C18H18N2O5S/c1-12-4-10-16(11-5-12)26(24)19-17(13(2)18(21)25-3)14-6-8-15(9-7-14)20(22)23/h4-11,17,19H,2H2,1,3H3/t17-,26?/m1/s1. The van der Waals surface area contributed by atoms with Gasteiger partial charge in [-0.3, -0.25) is 10.1 Å². The third-order valence-corrected chi connectivity index (χ3v) is 4.84. The molecule has 0 spiro atoms. The topological polar surface area (TPSA) is 98.5 Å². The Morgan fingerprint density at radius 3 is 2.27 bits per heavy atom. The molecule has 0 aliphatic rings. The van der Waals surface area contributed by atoms with Crippen molar-refractivity contribution in [2.24, 2.45) is 0 Å². The summed E-state index contributed by atoms with van der Waals surface area (Å²) in [6, 6.07) is 11.8. The lowest BCUT2D eigenvalue weighted by molar-refractivity contribution is -0.384. The van der Waals surface area contributed by atoms with E-state index in [9.17, 15) is 19.1 Å². The number of nitro groups is 1. The van der Waals surface area contributed by atoms with Crippen molar-refractivity contribution < 1.29 is 18.7 Å². The highest BCUT2D eigenvalue weighted by atomic mass is 32.2. The molecular formula is C18H18N2O5S. The van der Waals surface area contributed by atoms with Crippen LogP contribution in [0.15, 0.2) is 65.6 Å². The van der Waals surface area contributed by atoms with Crippen LogP contribution in [0.3, 0.4) is 0 Å². The summed E-state index contributed by atoms with van der Waals surface area (Å²) in [7, 11) is -0.408. The number of hydrogen-bond acceptors (Lipinski definition) is 5. The molecule has 0 bridgehead atoms. The first kappa shape index (κ1) is 19.5. The minimum absolute atomic E-state index is 0.0433. The number of carbonyl (C=O) groups excluding carboxylic acids is 1. The van der Waals surface area contributed by atoms with Gasteiger partial charge in [0, 0.05) is 12.1 Å². The van der Waals surface area contributed by atoms with Crippen molar-refractivity contribution in [1.29, 1.82) is 0 Å². The Hall–Kier alpha value is -2.84. The molecule has 26 heavy (non-hydrogen) atoms. The number of methoxy groups -OCH3 is 1. The largest absolute Gasteiger partial charge is 0.466 e. The van der Waals surface area contributed by atoms with Crippen LogP contribution in [0.5, 0.6) is 0 Å². The number of aryl methyl sites for hydroxylation is 1. The van der Waals surface area contributed by atoms with E-state index in [4.69, 9.17) is 4.74 Å². The Balaban J connectivity index is 2.33. The number of carbonyl (C=O) groups is 1. The van der Waals surface area contributed by atoms with Crippen LogP contribution in [0, 0.1) is 17.0 Å². The van der Waals surface area contributed by atoms with Gasteiger partial charge in [0.25, 0.3) is 5.69 Å². The predicted octanol–water partition coefficient (Wildman–Crippen LogP) is 2.99. The summed E-state index contributed by atoms with van der Waals surface area (Å²) in [5, 5.41) is 10.8. The molecule has 0 fully saturated rings. The van der Waals surface area contributed by atoms with E-state index in [0.717, 1.165) is 5.56 Å². The number of nitrogens with zero attached hydrogens (tertiary/aromatic N) is 1. The zero-order chi connectivity index (χ0) is 19.3. The summed E-state index contributed by atoms with van der Waals surface area (Å²) >= 11 is 0. The van der Waals surface area contributed by atoms with E-state index in [1.807, 2.05) is 19.1 Å². The van der Waals surface area contributed by atoms with Gasteiger partial charge >= 0.3 is 5.97 Å². The van der Waals surface area contributed by atoms with Gasteiger partial charge in [-0.2, -0.15) is 0 Å². The van der Waals surface area contributed by atoms with E-state index in [-0.39, 0.29) is 11.3 Å². The van der Waals surface area contributed by atoms with E-state index in [1.54, 1.807) is 12.1 Å². The molecular weight excluding hydrogens is 356 g/mol. The van der Waals surface area contributed by atoms with E-state index < -0.39 is 27.9 Å². The smallest absolute Gasteiger partial charge is 0.335 e. The van der Waals surface area contributed by atoms with Crippen molar-refractivity contribution in [3.63, 3.8) is 0 Å². The van der Waals surface area contributed by atoms with Gasteiger partial charge in [0.2, 0.25) is 0 Å². The Labute approximate surface area is 153 Å². The molecule has 2 aromatic carbocycles. The molecule has 0 heterocycles. The van der Waals surface area contributed by atoms with Crippen molar-refractivity contribution in [3.05, 3.63) is 81.9 Å². The SMILES string of the molecule is C=C(C(=O)OC)[C@@H](NS(=O)c1ccc(C)cc1)c1ccc([N+](=O)[O-])cc1. The van der Waals surface area contributed by atoms with E-state index in [0.29, 0.717) is 10.5 Å². The molecule has 2 atom stereocenters. The fourth-order valence-corrected chi connectivity index (χ4v) is 3.23. The molecule has 2 aromatic rings. The van der Waals surface area contributed by atoms with Gasteiger partial charge in [0.1, 0.15) is 11.0 Å². The Morgan fingerprint density at radius 2 is 1.77 bits per heavy atom. The predicted molar refractivity (Wildman–Crippen MR) is 97.7 cm³/mol. The van der Waals surface area contributed by atoms with E-state index in [2.05, 4.69) is 11.3 Å². The highest BCUT2D eigenvalue weighted by Gasteiger charge is 2.24. The van der Waals surface area contributed by atoms with Gasteiger partial charge in [-0.05, 0) is 24.6 Å². The Bertz CT molecular complexity index is 847. The average Bonchev–Trinajstić information content (AvgIpc) is 2.65. The van der Waals surface area contributed by atoms with Crippen molar-refractivity contribution in [3.8, 4) is 0 Å². The molecule has 2 rings (SSSR count). The number of rotatable bonds is 7. The van der Waals surface area contributed by atoms with Crippen LogP contribution >= 0.6 is 0 Å². The number of ether oxygens (including phenoxy) is 1. The zero-order valence-corrected chi connectivity index (χ0v) is 15.1. The minimum atomic E-state index is -1.63. The van der Waals surface area contributed by atoms with Crippen LogP contribution in [0.25, 0.3) is 0 Å². The molecule has 7 nitrogen and oxygen atoms in total. The maximum Gasteiger partial charge on any atom is 0.335 e. The van der Waals surface area contributed by atoms with Crippen LogP contribution < -0.4 is 4.72 Å². The molecule has 0 aliphatic heterocycles. The Kier molecular flexibility index (Phi) is 6.37. The van der Waals surface area contributed by atoms with Gasteiger partial charge in [-0.25, -0.2) is 13.7 Å². The van der Waals surface area contributed by atoms with Crippen molar-refractivity contribution >= 4 is 22.6 Å². The number of nitro benzene ring substituents is 1. The fourth-order valence-electron chi connectivity index (χ4n) is 2.21. The first-order valence-corrected chi connectivity index (χ1v) is 8.74. The van der Waals surface area contributed by atoms with Crippen molar-refractivity contribution in [1.82, 2.24) is 4.72 Å². The second-order valence-corrected chi connectivity index (χ2v) is 6.74. The van der Waals surface area contributed by atoms with Gasteiger partial charge in [-0.15, -0.1) is 0 Å². The van der Waals surface area contributed by atoms with Gasteiger partial charge in [-0.1, -0.05) is 36.4 Å². The monoisotopic (exact) mass is 374 g/mol. The van der Waals surface area contributed by atoms with Crippen LogP contribution in [-0.2, 0) is 20.5 Å². The Morgan fingerprint density at radius 1 is 1.19 bits per heavy atom. The quantitative estimate of drug-likeness (QED) is 0.348. The molecule has 1 unspecified atom stereocenters. The first-order chi connectivity index (χ1) is 12.3. The molecule has 0 saturated carbocycles. The summed E-state index contributed by atoms with van der Waals surface area (Å²) < 4.78 is 20.2. The fraction of sp³-hybridized carbons (Fsp3) is 0.167. The molecule has 136 valence electrons. The molecule has 0 aromatic heterocycles. The molecule has 1 N–H and O–H groups in total. The first-order valence-electron chi connectivity index (χ1n) is 7.59. The van der Waals surface area contributed by atoms with E-state index in [1.165, 1.54) is 31.4 Å². The number of esters is 1. The summed E-state index contributed by atoms with van der Waals surface area (Å²) in [6.07, 6.45) is 0. The molecule has 0 aliphatic carbocycles. The summed E-state index contributed by atoms with van der Waals surface area (Å²) in [6.45, 7) is 5.63. The van der Waals surface area contributed by atoms with Gasteiger partial charge in [0.05, 0.1) is 28.5 Å². The third-order valence-electron chi connectivity index (χ3n) is 3.69. The summed E-state index contributed by atoms with van der Waals surface area (Å²) in [4.78, 5) is 22.7. The summed E-state index contributed by atoms with van der Waals surface area (Å²) in [5.41, 5.74) is 1.49. The second-order valence-electron chi connectivity index (χ2n) is 5.50. The lowest BCUT2D eigenvalue weighted by Gasteiger charge is -2.19.